The van der Waals surface area contributed by atoms with E-state index in [0.29, 0.717) is 0 Å². The number of rotatable bonds is 5. The largest absolute Gasteiger partial charge is 0.264 e. The van der Waals surface area contributed by atoms with Gasteiger partial charge in [-0.3, -0.25) is 4.98 Å². The topological polar surface area (TPSA) is 12.9 Å². The Morgan fingerprint density at radius 1 is 0.386 bits per heavy atom. The van der Waals surface area contributed by atoms with Crippen LogP contribution in [0.4, 0.5) is 0 Å². The highest BCUT2D eigenvalue weighted by molar-refractivity contribution is 6.24. The lowest BCUT2D eigenvalue weighted by Crippen LogP contribution is -1.93. The van der Waals surface area contributed by atoms with Crippen molar-refractivity contribution < 1.29 is 0 Å². The number of pyridine rings is 1. The van der Waals surface area contributed by atoms with Crippen LogP contribution in [-0.2, 0) is 6.42 Å². The molecule has 44 heavy (non-hydrogen) atoms. The van der Waals surface area contributed by atoms with E-state index < -0.39 is 0 Å². The van der Waals surface area contributed by atoms with Crippen molar-refractivity contribution >= 4 is 32.3 Å². The van der Waals surface area contributed by atoms with Crippen LogP contribution in [0.2, 0.25) is 0 Å². The lowest BCUT2D eigenvalue weighted by Gasteiger charge is -2.19. The Morgan fingerprint density at radius 3 is 1.57 bits per heavy atom. The number of hydrogen-bond donors (Lipinski definition) is 0. The van der Waals surface area contributed by atoms with Crippen molar-refractivity contribution in [3.8, 4) is 44.5 Å². The summed E-state index contributed by atoms with van der Waals surface area (Å²) in [4.78, 5) is 4.57. The Labute approximate surface area is 258 Å². The van der Waals surface area contributed by atoms with Gasteiger partial charge >= 0.3 is 0 Å². The van der Waals surface area contributed by atoms with Crippen molar-refractivity contribution in [3.05, 3.63) is 164 Å². The zero-order valence-corrected chi connectivity index (χ0v) is 24.7. The third-order valence-corrected chi connectivity index (χ3v) is 8.97. The standard InChI is InChI=1S/C43H31N/c1-2-29-22-24-31(25-23-29)42-37-14-6-8-16-39(37)43(40-17-9-7-15-38(40)42)36-21-11-18-33-34(36)19-10-20-35(33)41-28-44-27-26-32(41)30-12-4-3-5-13-30/h3-28H,2H2,1H3. The summed E-state index contributed by atoms with van der Waals surface area (Å²) in [6.45, 7) is 2.21. The van der Waals surface area contributed by atoms with Crippen molar-refractivity contribution in [2.75, 3.05) is 0 Å². The van der Waals surface area contributed by atoms with Crippen LogP contribution in [0.25, 0.3) is 76.8 Å². The maximum absolute atomic E-state index is 4.57. The molecule has 208 valence electrons. The molecule has 1 heterocycles. The van der Waals surface area contributed by atoms with Crippen LogP contribution >= 0.6 is 0 Å². The molecule has 0 fully saturated rings. The Morgan fingerprint density at radius 2 is 0.932 bits per heavy atom. The minimum atomic E-state index is 1.04. The number of benzene rings is 7. The maximum atomic E-state index is 4.57. The SMILES string of the molecule is CCc1ccc(-c2c3ccccc3c(-c3cccc4c(-c5cnccc5-c5ccccc5)cccc34)c3ccccc23)cc1. The van der Waals surface area contributed by atoms with E-state index in [2.05, 4.69) is 158 Å². The lowest BCUT2D eigenvalue weighted by molar-refractivity contribution is 1.14. The minimum absolute atomic E-state index is 1.04. The lowest BCUT2D eigenvalue weighted by atomic mass is 9.84. The first-order valence-electron chi connectivity index (χ1n) is 15.4. The summed E-state index contributed by atoms with van der Waals surface area (Å²) < 4.78 is 0. The molecule has 8 rings (SSSR count). The highest BCUT2D eigenvalue weighted by Crippen LogP contribution is 2.46. The number of nitrogens with zero attached hydrogens (tertiary/aromatic N) is 1. The number of aryl methyl sites for hydroxylation is 1. The van der Waals surface area contributed by atoms with Crippen molar-refractivity contribution in [2.45, 2.75) is 13.3 Å². The summed E-state index contributed by atoms with van der Waals surface area (Å²) in [5.41, 5.74) is 11.1. The van der Waals surface area contributed by atoms with Gasteiger partial charge in [-0.05, 0) is 89.3 Å². The van der Waals surface area contributed by atoms with Gasteiger partial charge in [0.15, 0.2) is 0 Å². The van der Waals surface area contributed by atoms with Gasteiger partial charge in [0.05, 0.1) is 0 Å². The average molecular weight is 562 g/mol. The first-order valence-corrected chi connectivity index (χ1v) is 15.4. The minimum Gasteiger partial charge on any atom is -0.264 e. The Balaban J connectivity index is 1.42. The second-order valence-corrected chi connectivity index (χ2v) is 11.4. The predicted molar refractivity (Wildman–Crippen MR) is 188 cm³/mol. The van der Waals surface area contributed by atoms with Crippen LogP contribution in [0.15, 0.2) is 158 Å². The molecule has 0 radical (unpaired) electrons. The zero-order valence-electron chi connectivity index (χ0n) is 24.7. The second kappa shape index (κ2) is 10.9. The molecule has 7 aromatic carbocycles. The maximum Gasteiger partial charge on any atom is 0.0352 e. The molecule has 0 atom stereocenters. The first-order chi connectivity index (χ1) is 21.8. The van der Waals surface area contributed by atoms with Gasteiger partial charge < -0.3 is 0 Å². The summed E-state index contributed by atoms with van der Waals surface area (Å²) in [5, 5.41) is 7.55. The molecule has 0 amide bonds. The molecule has 0 unspecified atom stereocenters. The first kappa shape index (κ1) is 26.1. The molecular formula is C43H31N. The van der Waals surface area contributed by atoms with Crippen molar-refractivity contribution in [1.82, 2.24) is 4.98 Å². The Kier molecular flexibility index (Phi) is 6.50. The fourth-order valence-electron chi connectivity index (χ4n) is 6.88. The van der Waals surface area contributed by atoms with Gasteiger partial charge in [0.25, 0.3) is 0 Å². The summed E-state index contributed by atoms with van der Waals surface area (Å²) in [5.74, 6) is 0. The molecule has 1 heteroatoms. The van der Waals surface area contributed by atoms with Gasteiger partial charge in [-0.15, -0.1) is 0 Å². The van der Waals surface area contributed by atoms with E-state index in [-0.39, 0.29) is 0 Å². The van der Waals surface area contributed by atoms with E-state index in [0.717, 1.165) is 12.0 Å². The molecule has 1 aromatic heterocycles. The third kappa shape index (κ3) is 4.29. The number of hydrogen-bond acceptors (Lipinski definition) is 1. The molecule has 0 spiro atoms. The normalized spacial score (nSPS) is 11.4. The van der Waals surface area contributed by atoms with Gasteiger partial charge in [0.2, 0.25) is 0 Å². The van der Waals surface area contributed by atoms with Crippen LogP contribution < -0.4 is 0 Å². The molecule has 1 nitrogen and oxygen atoms in total. The van der Waals surface area contributed by atoms with Gasteiger partial charge in [0, 0.05) is 18.0 Å². The highest BCUT2D eigenvalue weighted by Gasteiger charge is 2.19. The fourth-order valence-corrected chi connectivity index (χ4v) is 6.88. The summed E-state index contributed by atoms with van der Waals surface area (Å²) in [6.07, 6.45) is 4.93. The van der Waals surface area contributed by atoms with Crippen molar-refractivity contribution in [3.63, 3.8) is 0 Å². The van der Waals surface area contributed by atoms with Gasteiger partial charge in [0.1, 0.15) is 0 Å². The molecule has 0 saturated carbocycles. The Hall–Kier alpha value is -5.53. The molecule has 0 aliphatic rings. The number of aromatic nitrogens is 1. The zero-order chi connectivity index (χ0) is 29.5. The van der Waals surface area contributed by atoms with E-state index in [1.807, 2.05) is 12.4 Å². The average Bonchev–Trinajstić information content (AvgIpc) is 3.10. The monoisotopic (exact) mass is 561 g/mol. The second-order valence-electron chi connectivity index (χ2n) is 11.4. The van der Waals surface area contributed by atoms with Gasteiger partial charge in [-0.25, -0.2) is 0 Å². The molecular weight excluding hydrogens is 530 g/mol. The third-order valence-electron chi connectivity index (χ3n) is 8.97. The van der Waals surface area contributed by atoms with Gasteiger partial charge in [-0.1, -0.05) is 146 Å². The summed E-state index contributed by atoms with van der Waals surface area (Å²) in [7, 11) is 0. The predicted octanol–water partition coefficient (Wildman–Crippen LogP) is 11.8. The summed E-state index contributed by atoms with van der Waals surface area (Å²) in [6, 6.07) is 53.1. The quantitative estimate of drug-likeness (QED) is 0.190. The van der Waals surface area contributed by atoms with E-state index in [1.54, 1.807) is 0 Å². The van der Waals surface area contributed by atoms with E-state index in [4.69, 9.17) is 0 Å². The van der Waals surface area contributed by atoms with Crippen LogP contribution in [0.3, 0.4) is 0 Å². The van der Waals surface area contributed by atoms with Crippen LogP contribution in [0, 0.1) is 0 Å². The molecule has 0 bridgehead atoms. The molecule has 0 aliphatic heterocycles. The van der Waals surface area contributed by atoms with E-state index in [9.17, 15) is 0 Å². The fraction of sp³-hybridized carbons (Fsp3) is 0.0465. The molecule has 0 N–H and O–H groups in total. The smallest absolute Gasteiger partial charge is 0.0352 e. The van der Waals surface area contributed by atoms with Crippen molar-refractivity contribution in [1.29, 1.82) is 0 Å². The van der Waals surface area contributed by atoms with Crippen LogP contribution in [-0.4, -0.2) is 4.98 Å². The molecule has 0 aliphatic carbocycles. The summed E-state index contributed by atoms with van der Waals surface area (Å²) >= 11 is 0. The highest BCUT2D eigenvalue weighted by atomic mass is 14.6. The molecule has 8 aromatic rings. The number of fused-ring (bicyclic) bond motifs is 3. The van der Waals surface area contributed by atoms with Crippen LogP contribution in [0.5, 0.6) is 0 Å². The molecule has 0 saturated heterocycles. The van der Waals surface area contributed by atoms with Crippen molar-refractivity contribution in [2.24, 2.45) is 0 Å². The van der Waals surface area contributed by atoms with Gasteiger partial charge in [-0.2, -0.15) is 0 Å². The van der Waals surface area contributed by atoms with E-state index >= 15 is 0 Å². The van der Waals surface area contributed by atoms with Crippen LogP contribution in [0.1, 0.15) is 12.5 Å². The Bertz CT molecular complexity index is 2240. The van der Waals surface area contributed by atoms with E-state index in [1.165, 1.54) is 76.8 Å².